The first-order valence-corrected chi connectivity index (χ1v) is 11.3. The Morgan fingerprint density at radius 3 is 2.55 bits per heavy atom. The van der Waals surface area contributed by atoms with Crippen LogP contribution in [0.15, 0.2) is 52.9 Å². The molecule has 1 atom stereocenters. The third-order valence-electron chi connectivity index (χ3n) is 4.69. The zero-order chi connectivity index (χ0) is 22.2. The topological polar surface area (TPSA) is 90.7 Å². The van der Waals surface area contributed by atoms with E-state index >= 15 is 0 Å². The lowest BCUT2D eigenvalue weighted by Crippen LogP contribution is -2.30. The van der Waals surface area contributed by atoms with E-state index < -0.39 is 10.8 Å². The minimum Gasteiger partial charge on any atom is -0.493 e. The van der Waals surface area contributed by atoms with Crippen LogP contribution in [0.2, 0.25) is 0 Å². The number of nitrogens with one attached hydrogen (secondary N) is 1. The molecule has 1 amide bonds. The lowest BCUT2D eigenvalue weighted by molar-refractivity contribution is -0.118. The molecule has 3 aromatic rings. The summed E-state index contributed by atoms with van der Waals surface area (Å²) in [6.07, 6.45) is 0.627. The minimum atomic E-state index is -1.38. The number of carbonyl (C=O) groups excluding carboxylic acids is 1. The minimum absolute atomic E-state index is 0.0844. The third kappa shape index (κ3) is 6.18. The first kappa shape index (κ1) is 22.6. The molecule has 0 unspecified atom stereocenters. The number of methoxy groups -OCH3 is 2. The van der Waals surface area contributed by atoms with E-state index in [1.165, 1.54) is 0 Å². The quantitative estimate of drug-likeness (QED) is 0.518. The molecule has 2 aromatic carbocycles. The van der Waals surface area contributed by atoms with Crippen LogP contribution in [-0.4, -0.2) is 41.6 Å². The smallest absolute Gasteiger partial charge is 0.232 e. The molecule has 1 heterocycles. The molecule has 31 heavy (non-hydrogen) atoms. The van der Waals surface area contributed by atoms with Crippen LogP contribution in [0.1, 0.15) is 17.0 Å². The van der Waals surface area contributed by atoms with E-state index in [0.29, 0.717) is 41.8 Å². The number of aryl methyl sites for hydroxylation is 1. The predicted molar refractivity (Wildman–Crippen MR) is 120 cm³/mol. The van der Waals surface area contributed by atoms with Crippen molar-refractivity contribution in [2.24, 2.45) is 0 Å². The average Bonchev–Trinajstić information content (AvgIpc) is 3.14. The lowest BCUT2D eigenvalue weighted by Gasteiger charge is -2.10. The van der Waals surface area contributed by atoms with Crippen LogP contribution in [0.4, 0.5) is 0 Å². The molecule has 0 saturated heterocycles. The summed E-state index contributed by atoms with van der Waals surface area (Å²) in [5, 5.41) is 2.81. The van der Waals surface area contributed by atoms with Gasteiger partial charge in [0.25, 0.3) is 0 Å². The molecular formula is C23H26N2O5S. The second-order valence-corrected chi connectivity index (χ2v) is 8.36. The summed E-state index contributed by atoms with van der Waals surface area (Å²) in [6, 6.07) is 15.1. The van der Waals surface area contributed by atoms with Crippen molar-refractivity contribution in [2.45, 2.75) is 19.1 Å². The number of rotatable bonds is 10. The molecule has 1 N–H and O–H groups in total. The second kappa shape index (κ2) is 10.8. The van der Waals surface area contributed by atoms with Gasteiger partial charge in [0.1, 0.15) is 11.5 Å². The zero-order valence-electron chi connectivity index (χ0n) is 17.8. The number of hydrogen-bond acceptors (Lipinski definition) is 6. The highest BCUT2D eigenvalue weighted by Gasteiger charge is 2.16. The second-order valence-electron chi connectivity index (χ2n) is 6.91. The number of amides is 1. The van der Waals surface area contributed by atoms with Gasteiger partial charge in [0.05, 0.1) is 25.7 Å². The SMILES string of the molecule is COc1ccc(CCNC(=O)C[S@](=O)Cc2nc(-c3ccccc3)oc2C)cc1OC. The normalized spacial score (nSPS) is 11.7. The highest BCUT2D eigenvalue weighted by atomic mass is 32.2. The summed E-state index contributed by atoms with van der Waals surface area (Å²) >= 11 is 0. The number of carbonyl (C=O) groups is 1. The van der Waals surface area contributed by atoms with Gasteiger partial charge in [0.15, 0.2) is 11.5 Å². The molecule has 0 spiro atoms. The third-order valence-corrected chi connectivity index (χ3v) is 5.87. The lowest BCUT2D eigenvalue weighted by atomic mass is 10.1. The Morgan fingerprint density at radius 2 is 1.84 bits per heavy atom. The number of ether oxygens (including phenoxy) is 2. The van der Waals surface area contributed by atoms with Crippen molar-refractivity contribution < 1.29 is 22.9 Å². The average molecular weight is 443 g/mol. The molecule has 0 radical (unpaired) electrons. The van der Waals surface area contributed by atoms with E-state index in [0.717, 1.165) is 11.1 Å². The summed E-state index contributed by atoms with van der Waals surface area (Å²) in [7, 11) is 1.78. The highest BCUT2D eigenvalue weighted by molar-refractivity contribution is 7.84. The van der Waals surface area contributed by atoms with Gasteiger partial charge >= 0.3 is 0 Å². The van der Waals surface area contributed by atoms with Gasteiger partial charge in [-0.2, -0.15) is 0 Å². The Balaban J connectivity index is 1.48. The molecule has 0 aliphatic heterocycles. The summed E-state index contributed by atoms with van der Waals surface area (Å²) in [6.45, 7) is 2.22. The number of benzene rings is 2. The van der Waals surface area contributed by atoms with Crippen molar-refractivity contribution in [1.29, 1.82) is 0 Å². The molecule has 0 saturated carbocycles. The van der Waals surface area contributed by atoms with Crippen LogP contribution in [0, 0.1) is 6.92 Å². The molecule has 0 fully saturated rings. The number of aromatic nitrogens is 1. The van der Waals surface area contributed by atoms with Gasteiger partial charge in [-0.1, -0.05) is 24.3 Å². The molecule has 8 heteroatoms. The molecule has 1 aromatic heterocycles. The predicted octanol–water partition coefficient (Wildman–Crippen LogP) is 3.27. The van der Waals surface area contributed by atoms with Gasteiger partial charge in [-0.05, 0) is 43.2 Å². The number of nitrogens with zero attached hydrogens (tertiary/aromatic N) is 1. The van der Waals surface area contributed by atoms with Crippen LogP contribution in [0.3, 0.4) is 0 Å². The Kier molecular flexibility index (Phi) is 7.83. The maximum absolute atomic E-state index is 12.4. The fourth-order valence-corrected chi connectivity index (χ4v) is 4.12. The maximum Gasteiger partial charge on any atom is 0.232 e. The zero-order valence-corrected chi connectivity index (χ0v) is 18.7. The van der Waals surface area contributed by atoms with Gasteiger partial charge in [-0.15, -0.1) is 0 Å². The van der Waals surface area contributed by atoms with Crippen molar-refractivity contribution in [1.82, 2.24) is 10.3 Å². The summed E-state index contributed by atoms with van der Waals surface area (Å²) in [5.74, 6) is 2.23. The standard InChI is InChI=1S/C23H26N2O5S/c1-16-19(25-23(30-16)18-7-5-4-6-8-18)14-31(27)15-22(26)24-12-11-17-9-10-20(28-2)21(13-17)29-3/h4-10,13H,11-12,14-15H2,1-3H3,(H,24,26)/t31-/m1/s1. The van der Waals surface area contributed by atoms with Gasteiger partial charge in [-0.3, -0.25) is 9.00 Å². The number of oxazole rings is 1. The van der Waals surface area contributed by atoms with Crippen LogP contribution in [0.5, 0.6) is 11.5 Å². The Morgan fingerprint density at radius 1 is 1.10 bits per heavy atom. The molecule has 3 rings (SSSR count). The fourth-order valence-electron chi connectivity index (χ4n) is 3.05. The Bertz CT molecular complexity index is 1050. The van der Waals surface area contributed by atoms with Crippen LogP contribution >= 0.6 is 0 Å². The van der Waals surface area contributed by atoms with Gasteiger partial charge in [0.2, 0.25) is 11.8 Å². The Hall–Kier alpha value is -3.13. The van der Waals surface area contributed by atoms with Crippen molar-refractivity contribution in [3.8, 4) is 23.0 Å². The fraction of sp³-hybridized carbons (Fsp3) is 0.304. The van der Waals surface area contributed by atoms with Gasteiger partial charge in [-0.25, -0.2) is 4.98 Å². The van der Waals surface area contributed by atoms with Gasteiger partial charge in [0, 0.05) is 22.9 Å². The van der Waals surface area contributed by atoms with Gasteiger partial charge < -0.3 is 19.2 Å². The molecular weight excluding hydrogens is 416 g/mol. The first-order chi connectivity index (χ1) is 15.0. The molecule has 0 aliphatic carbocycles. The molecule has 7 nitrogen and oxygen atoms in total. The molecule has 0 bridgehead atoms. The van der Waals surface area contributed by atoms with Crippen LogP contribution in [0.25, 0.3) is 11.5 Å². The molecule has 0 aliphatic rings. The number of hydrogen-bond donors (Lipinski definition) is 1. The van der Waals surface area contributed by atoms with E-state index in [4.69, 9.17) is 13.9 Å². The van der Waals surface area contributed by atoms with E-state index in [2.05, 4.69) is 10.3 Å². The van der Waals surface area contributed by atoms with Crippen molar-refractivity contribution in [3.63, 3.8) is 0 Å². The van der Waals surface area contributed by atoms with Crippen LogP contribution in [-0.2, 0) is 27.8 Å². The monoisotopic (exact) mass is 442 g/mol. The highest BCUT2D eigenvalue weighted by Crippen LogP contribution is 2.27. The van der Waals surface area contributed by atoms with E-state index in [1.807, 2.05) is 48.5 Å². The van der Waals surface area contributed by atoms with E-state index in [9.17, 15) is 9.00 Å². The van der Waals surface area contributed by atoms with Crippen molar-refractivity contribution in [3.05, 3.63) is 65.5 Å². The largest absolute Gasteiger partial charge is 0.493 e. The van der Waals surface area contributed by atoms with Crippen molar-refractivity contribution in [2.75, 3.05) is 26.5 Å². The Labute approximate surface area is 184 Å². The van der Waals surface area contributed by atoms with Crippen LogP contribution < -0.4 is 14.8 Å². The maximum atomic E-state index is 12.4. The summed E-state index contributed by atoms with van der Waals surface area (Å²) < 4.78 is 28.6. The summed E-state index contributed by atoms with van der Waals surface area (Å²) in [4.78, 5) is 16.6. The molecule has 164 valence electrons. The van der Waals surface area contributed by atoms with Crippen molar-refractivity contribution >= 4 is 16.7 Å². The summed E-state index contributed by atoms with van der Waals surface area (Å²) in [5.41, 5.74) is 2.47. The first-order valence-electron chi connectivity index (χ1n) is 9.84. The van der Waals surface area contributed by atoms with E-state index in [1.54, 1.807) is 21.1 Å². The van der Waals surface area contributed by atoms with E-state index in [-0.39, 0.29) is 17.4 Å².